The molecule has 5 rings (SSSR count). The van der Waals surface area contributed by atoms with Gasteiger partial charge in [0.25, 0.3) is 0 Å². The molecule has 3 atom stereocenters. The lowest BCUT2D eigenvalue weighted by Gasteiger charge is -2.29. The Morgan fingerprint density at radius 3 is 2.86 bits per heavy atom. The lowest BCUT2D eigenvalue weighted by molar-refractivity contribution is -0.121. The van der Waals surface area contributed by atoms with Crippen molar-refractivity contribution >= 4 is 22.5 Å². The van der Waals surface area contributed by atoms with Gasteiger partial charge in [0.15, 0.2) is 0 Å². The lowest BCUT2D eigenvalue weighted by atomic mass is 9.82. The third-order valence-corrected chi connectivity index (χ3v) is 6.54. The number of amides is 1. The summed E-state index contributed by atoms with van der Waals surface area (Å²) in [5.74, 6) is 0.183. The Labute approximate surface area is 170 Å². The van der Waals surface area contributed by atoms with Gasteiger partial charge in [-0.05, 0) is 43.5 Å². The second-order valence-corrected chi connectivity index (χ2v) is 8.36. The molecular weight excluding hydrogens is 368 g/mol. The van der Waals surface area contributed by atoms with Crippen LogP contribution in [0.25, 0.3) is 10.9 Å². The number of rotatable bonds is 5. The minimum absolute atomic E-state index is 0.0549. The highest BCUT2D eigenvalue weighted by atomic mass is 16.5. The van der Waals surface area contributed by atoms with E-state index >= 15 is 0 Å². The third kappa shape index (κ3) is 4.17. The van der Waals surface area contributed by atoms with Crippen LogP contribution in [0.5, 0.6) is 0 Å². The van der Waals surface area contributed by atoms with Gasteiger partial charge in [-0.15, -0.1) is 0 Å². The molecular formula is C21H30N6O2. The number of hydrazine groups is 2. The van der Waals surface area contributed by atoms with E-state index in [9.17, 15) is 4.79 Å². The number of carbonyl (C=O) groups excluding carboxylic acids is 1. The summed E-state index contributed by atoms with van der Waals surface area (Å²) in [7, 11) is 0. The number of anilines is 1. The second kappa shape index (κ2) is 8.41. The number of nitrogens with zero attached hydrogens (tertiary/aromatic N) is 2. The highest BCUT2D eigenvalue weighted by molar-refractivity contribution is 5.95. The number of carbonyl (C=O) groups is 1. The standard InChI is InChI=1S/C21H30N6O2/c28-21(16-1-3-18-19(14-16)24-25-23-18)22-17-2-4-20-15(13-17)5-6-27(20)8-7-26-9-11-29-12-10-26/h2,4-6,13,16,18-19,23-25H,1,3,7-12,14H2,(H,22,28). The smallest absolute Gasteiger partial charge is 0.227 e. The molecule has 3 fully saturated rings. The predicted octanol–water partition coefficient (Wildman–Crippen LogP) is 1.06. The first-order valence-electron chi connectivity index (χ1n) is 10.7. The van der Waals surface area contributed by atoms with E-state index in [1.807, 2.05) is 6.07 Å². The zero-order chi connectivity index (χ0) is 19.6. The van der Waals surface area contributed by atoms with Gasteiger partial charge in [0.2, 0.25) is 5.91 Å². The van der Waals surface area contributed by atoms with Crippen LogP contribution in [0.3, 0.4) is 0 Å². The SMILES string of the molecule is O=C(Nc1ccc2c(ccn2CCN2CCOCC2)c1)C1CCC2NNNC2C1. The van der Waals surface area contributed by atoms with Crippen LogP contribution >= 0.6 is 0 Å². The lowest BCUT2D eigenvalue weighted by Crippen LogP contribution is -2.42. The molecule has 1 saturated carbocycles. The van der Waals surface area contributed by atoms with Gasteiger partial charge < -0.3 is 14.6 Å². The molecule has 1 aromatic heterocycles. The normalized spacial score (nSPS) is 27.8. The van der Waals surface area contributed by atoms with Crippen molar-refractivity contribution in [3.63, 3.8) is 0 Å². The topological polar surface area (TPSA) is 82.6 Å². The Morgan fingerprint density at radius 1 is 1.10 bits per heavy atom. The van der Waals surface area contributed by atoms with Gasteiger partial charge in [-0.1, -0.05) is 0 Å². The molecule has 8 nitrogen and oxygen atoms in total. The number of fused-ring (bicyclic) bond motifs is 2. The molecule has 2 aliphatic heterocycles. The minimum atomic E-state index is 0.0549. The molecule has 0 bridgehead atoms. The molecule has 2 aromatic rings. The van der Waals surface area contributed by atoms with Crippen molar-refractivity contribution in [2.45, 2.75) is 37.9 Å². The molecule has 0 spiro atoms. The third-order valence-electron chi connectivity index (χ3n) is 6.54. The summed E-state index contributed by atoms with van der Waals surface area (Å²) in [6.07, 6.45) is 4.93. The van der Waals surface area contributed by atoms with Crippen LogP contribution in [-0.2, 0) is 16.1 Å². The molecule has 156 valence electrons. The molecule has 3 heterocycles. The van der Waals surface area contributed by atoms with E-state index in [1.165, 1.54) is 10.9 Å². The maximum absolute atomic E-state index is 12.8. The van der Waals surface area contributed by atoms with Gasteiger partial charge in [0.05, 0.1) is 13.2 Å². The highest BCUT2D eigenvalue weighted by Crippen LogP contribution is 2.28. The number of benzene rings is 1. The number of hydrogen-bond donors (Lipinski definition) is 4. The van der Waals surface area contributed by atoms with Crippen LogP contribution in [0.15, 0.2) is 30.5 Å². The van der Waals surface area contributed by atoms with Gasteiger partial charge in [0.1, 0.15) is 0 Å². The van der Waals surface area contributed by atoms with Gasteiger partial charge in [-0.2, -0.15) is 5.53 Å². The van der Waals surface area contributed by atoms with Crippen molar-refractivity contribution in [3.8, 4) is 0 Å². The maximum atomic E-state index is 12.8. The van der Waals surface area contributed by atoms with Crippen LogP contribution in [0.4, 0.5) is 5.69 Å². The first-order valence-corrected chi connectivity index (χ1v) is 10.7. The van der Waals surface area contributed by atoms with Crippen LogP contribution in [-0.4, -0.2) is 60.3 Å². The Hall–Kier alpha value is -1.97. The van der Waals surface area contributed by atoms with Gasteiger partial charge in [0, 0.05) is 67.0 Å². The molecule has 3 unspecified atom stereocenters. The van der Waals surface area contributed by atoms with Crippen LogP contribution < -0.4 is 21.7 Å². The van der Waals surface area contributed by atoms with E-state index in [1.54, 1.807) is 0 Å². The van der Waals surface area contributed by atoms with Crippen LogP contribution in [0, 0.1) is 5.92 Å². The molecule has 8 heteroatoms. The molecule has 4 N–H and O–H groups in total. The Kier molecular flexibility index (Phi) is 5.52. The zero-order valence-electron chi connectivity index (χ0n) is 16.7. The second-order valence-electron chi connectivity index (χ2n) is 8.36. The van der Waals surface area contributed by atoms with E-state index < -0.39 is 0 Å². The molecule has 1 aromatic carbocycles. The summed E-state index contributed by atoms with van der Waals surface area (Å²) in [5, 5.41) is 4.30. The van der Waals surface area contributed by atoms with E-state index in [0.717, 1.165) is 64.3 Å². The highest BCUT2D eigenvalue weighted by Gasteiger charge is 2.36. The number of aromatic nitrogens is 1. The zero-order valence-corrected chi connectivity index (χ0v) is 16.7. The van der Waals surface area contributed by atoms with Gasteiger partial charge in [-0.25, -0.2) is 10.9 Å². The number of nitrogens with one attached hydrogen (secondary N) is 4. The summed E-state index contributed by atoms with van der Waals surface area (Å²) in [6, 6.07) is 9.10. The van der Waals surface area contributed by atoms with Gasteiger partial charge >= 0.3 is 0 Å². The van der Waals surface area contributed by atoms with Crippen molar-refractivity contribution in [2.75, 3.05) is 38.2 Å². The Bertz CT molecular complexity index is 862. The largest absolute Gasteiger partial charge is 0.379 e. The van der Waals surface area contributed by atoms with E-state index in [0.29, 0.717) is 12.1 Å². The van der Waals surface area contributed by atoms with Gasteiger partial charge in [-0.3, -0.25) is 9.69 Å². The number of hydrogen-bond acceptors (Lipinski definition) is 6. The van der Waals surface area contributed by atoms with Crippen molar-refractivity contribution in [3.05, 3.63) is 30.5 Å². The predicted molar refractivity (Wildman–Crippen MR) is 112 cm³/mol. The number of ether oxygens (including phenoxy) is 1. The fraction of sp³-hybridized carbons (Fsp3) is 0.571. The summed E-state index contributed by atoms with van der Waals surface area (Å²) >= 11 is 0. The Balaban J connectivity index is 1.20. The summed E-state index contributed by atoms with van der Waals surface area (Å²) in [6.45, 7) is 5.70. The van der Waals surface area contributed by atoms with Crippen molar-refractivity contribution in [1.82, 2.24) is 25.9 Å². The van der Waals surface area contributed by atoms with E-state index in [2.05, 4.69) is 55.6 Å². The summed E-state index contributed by atoms with van der Waals surface area (Å²) < 4.78 is 7.72. The van der Waals surface area contributed by atoms with Crippen molar-refractivity contribution in [1.29, 1.82) is 0 Å². The van der Waals surface area contributed by atoms with Crippen molar-refractivity contribution < 1.29 is 9.53 Å². The van der Waals surface area contributed by atoms with E-state index in [-0.39, 0.29) is 11.8 Å². The summed E-state index contributed by atoms with van der Waals surface area (Å²) in [4.78, 5) is 15.2. The first kappa shape index (κ1) is 19.0. The van der Waals surface area contributed by atoms with E-state index in [4.69, 9.17) is 4.74 Å². The molecule has 29 heavy (non-hydrogen) atoms. The molecule has 1 amide bonds. The monoisotopic (exact) mass is 398 g/mol. The average molecular weight is 399 g/mol. The van der Waals surface area contributed by atoms with Crippen LogP contribution in [0.2, 0.25) is 0 Å². The fourth-order valence-electron chi connectivity index (χ4n) is 4.76. The minimum Gasteiger partial charge on any atom is -0.379 e. The average Bonchev–Trinajstić information content (AvgIpc) is 3.39. The fourth-order valence-corrected chi connectivity index (χ4v) is 4.76. The maximum Gasteiger partial charge on any atom is 0.227 e. The van der Waals surface area contributed by atoms with Crippen molar-refractivity contribution in [2.24, 2.45) is 5.92 Å². The molecule has 2 saturated heterocycles. The molecule has 3 aliphatic rings. The molecule has 1 aliphatic carbocycles. The van der Waals surface area contributed by atoms with Crippen LogP contribution in [0.1, 0.15) is 19.3 Å². The Morgan fingerprint density at radius 2 is 1.97 bits per heavy atom. The first-order chi connectivity index (χ1) is 14.3. The quantitative estimate of drug-likeness (QED) is 0.603. The number of morpholine rings is 1. The summed E-state index contributed by atoms with van der Waals surface area (Å²) in [5.41, 5.74) is 11.5. The molecule has 0 radical (unpaired) electrons.